The standard InChI is InChI=1S/C19H24N4O4S/c1-3-26-18(25)14-6-4-7-15(10-14)20-17(24)12-28-19-22-21-13(2)23(19)11-16-8-5-9-27-16/h4,6-7,10,16H,3,5,8-9,11-12H2,1-2H3,(H,20,24)/t16-/m0/s1. The number of hydrogen-bond acceptors (Lipinski definition) is 7. The number of hydrogen-bond donors (Lipinski definition) is 1. The largest absolute Gasteiger partial charge is 0.462 e. The van der Waals surface area contributed by atoms with Crippen LogP contribution in [0.4, 0.5) is 5.69 Å². The number of carbonyl (C=O) groups is 2. The van der Waals surface area contributed by atoms with Crippen molar-refractivity contribution in [1.82, 2.24) is 14.8 Å². The fraction of sp³-hybridized carbons (Fsp3) is 0.474. The summed E-state index contributed by atoms with van der Waals surface area (Å²) in [4.78, 5) is 24.1. The molecule has 0 spiro atoms. The van der Waals surface area contributed by atoms with Gasteiger partial charge < -0.3 is 19.4 Å². The fourth-order valence-electron chi connectivity index (χ4n) is 2.94. The minimum atomic E-state index is -0.411. The first kappa shape index (κ1) is 20.3. The van der Waals surface area contributed by atoms with E-state index in [1.54, 1.807) is 31.2 Å². The Bertz CT molecular complexity index is 833. The molecule has 0 bridgehead atoms. The molecule has 28 heavy (non-hydrogen) atoms. The van der Waals surface area contributed by atoms with Gasteiger partial charge in [0.1, 0.15) is 5.82 Å². The number of benzene rings is 1. The highest BCUT2D eigenvalue weighted by Gasteiger charge is 2.20. The molecule has 1 saturated heterocycles. The van der Waals surface area contributed by atoms with Crippen LogP contribution in [0.5, 0.6) is 0 Å². The molecule has 1 aliphatic heterocycles. The highest BCUT2D eigenvalue weighted by atomic mass is 32.2. The SMILES string of the molecule is CCOC(=O)c1cccc(NC(=O)CSc2nnc(C)n2C[C@@H]2CCCO2)c1. The van der Waals surface area contributed by atoms with Crippen LogP contribution in [0.1, 0.15) is 35.9 Å². The number of amides is 1. The number of carbonyl (C=O) groups excluding carboxylic acids is 2. The number of thioether (sulfide) groups is 1. The van der Waals surface area contributed by atoms with Crippen LogP contribution >= 0.6 is 11.8 Å². The molecule has 1 N–H and O–H groups in total. The minimum absolute atomic E-state index is 0.175. The number of ether oxygens (including phenoxy) is 2. The van der Waals surface area contributed by atoms with Gasteiger partial charge in [-0.05, 0) is 44.9 Å². The summed E-state index contributed by atoms with van der Waals surface area (Å²) in [5.41, 5.74) is 0.951. The minimum Gasteiger partial charge on any atom is -0.462 e. The topological polar surface area (TPSA) is 95.3 Å². The van der Waals surface area contributed by atoms with Gasteiger partial charge in [-0.3, -0.25) is 4.79 Å². The Balaban J connectivity index is 1.56. The molecule has 1 atom stereocenters. The van der Waals surface area contributed by atoms with Crippen LogP contribution in [-0.2, 0) is 20.8 Å². The van der Waals surface area contributed by atoms with E-state index in [1.165, 1.54) is 11.8 Å². The lowest BCUT2D eigenvalue weighted by atomic mass is 10.2. The van der Waals surface area contributed by atoms with Gasteiger partial charge in [0.25, 0.3) is 0 Å². The van der Waals surface area contributed by atoms with Crippen molar-refractivity contribution in [3.8, 4) is 0 Å². The van der Waals surface area contributed by atoms with Gasteiger partial charge in [-0.25, -0.2) is 4.79 Å². The van der Waals surface area contributed by atoms with E-state index in [4.69, 9.17) is 9.47 Å². The van der Waals surface area contributed by atoms with Crippen molar-refractivity contribution in [3.05, 3.63) is 35.7 Å². The number of nitrogens with zero attached hydrogens (tertiary/aromatic N) is 3. The van der Waals surface area contributed by atoms with Gasteiger partial charge in [0.05, 0.1) is 30.6 Å². The Morgan fingerprint density at radius 2 is 2.25 bits per heavy atom. The van der Waals surface area contributed by atoms with E-state index in [-0.39, 0.29) is 17.8 Å². The van der Waals surface area contributed by atoms with Crippen LogP contribution in [0.3, 0.4) is 0 Å². The summed E-state index contributed by atoms with van der Waals surface area (Å²) < 4.78 is 12.7. The summed E-state index contributed by atoms with van der Waals surface area (Å²) in [6.45, 7) is 5.44. The van der Waals surface area contributed by atoms with Crippen molar-refractivity contribution in [3.63, 3.8) is 0 Å². The highest BCUT2D eigenvalue weighted by molar-refractivity contribution is 7.99. The zero-order valence-corrected chi connectivity index (χ0v) is 16.8. The summed E-state index contributed by atoms with van der Waals surface area (Å²) in [6, 6.07) is 6.69. The summed E-state index contributed by atoms with van der Waals surface area (Å²) >= 11 is 1.33. The van der Waals surface area contributed by atoms with Crippen LogP contribution in [0.25, 0.3) is 0 Å². The van der Waals surface area contributed by atoms with Crippen molar-refractivity contribution in [1.29, 1.82) is 0 Å². The second kappa shape index (κ2) is 9.70. The number of esters is 1. The van der Waals surface area contributed by atoms with E-state index >= 15 is 0 Å². The molecular weight excluding hydrogens is 380 g/mol. The lowest BCUT2D eigenvalue weighted by molar-refractivity contribution is -0.113. The fourth-order valence-corrected chi connectivity index (χ4v) is 3.73. The first-order chi connectivity index (χ1) is 13.6. The molecule has 0 radical (unpaired) electrons. The van der Waals surface area contributed by atoms with Crippen LogP contribution in [0.2, 0.25) is 0 Å². The Kier molecular flexibility index (Phi) is 7.05. The number of anilines is 1. The van der Waals surface area contributed by atoms with Gasteiger partial charge in [-0.15, -0.1) is 10.2 Å². The summed E-state index contributed by atoms with van der Waals surface area (Å²) in [7, 11) is 0. The third kappa shape index (κ3) is 5.32. The third-order valence-electron chi connectivity index (χ3n) is 4.30. The van der Waals surface area contributed by atoms with E-state index in [2.05, 4.69) is 15.5 Å². The van der Waals surface area contributed by atoms with Gasteiger partial charge in [0.2, 0.25) is 5.91 Å². The predicted octanol–water partition coefficient (Wildman–Crippen LogP) is 2.67. The molecule has 0 aliphatic carbocycles. The molecule has 150 valence electrons. The van der Waals surface area contributed by atoms with Crippen molar-refractivity contribution < 1.29 is 19.1 Å². The van der Waals surface area contributed by atoms with Gasteiger partial charge >= 0.3 is 5.97 Å². The number of aromatic nitrogens is 3. The predicted molar refractivity (Wildman–Crippen MR) is 105 cm³/mol. The summed E-state index contributed by atoms with van der Waals surface area (Å²) in [6.07, 6.45) is 2.27. The normalized spacial score (nSPS) is 16.1. The molecule has 1 aliphatic rings. The number of rotatable bonds is 8. The third-order valence-corrected chi connectivity index (χ3v) is 5.27. The lowest BCUT2D eigenvalue weighted by Gasteiger charge is -2.13. The smallest absolute Gasteiger partial charge is 0.338 e. The maximum Gasteiger partial charge on any atom is 0.338 e. The van der Waals surface area contributed by atoms with E-state index < -0.39 is 5.97 Å². The molecule has 1 aromatic carbocycles. The van der Waals surface area contributed by atoms with Gasteiger partial charge in [0, 0.05) is 12.3 Å². The zero-order chi connectivity index (χ0) is 19.9. The number of nitrogens with one attached hydrogen (secondary N) is 1. The molecule has 2 heterocycles. The summed E-state index contributed by atoms with van der Waals surface area (Å²) in [5.74, 6) is 0.398. The van der Waals surface area contributed by atoms with E-state index in [0.29, 0.717) is 29.6 Å². The molecule has 0 saturated carbocycles. The molecular formula is C19H24N4O4S. The second-order valence-corrected chi connectivity index (χ2v) is 7.36. The highest BCUT2D eigenvalue weighted by Crippen LogP contribution is 2.21. The Morgan fingerprint density at radius 3 is 3.00 bits per heavy atom. The van der Waals surface area contributed by atoms with Crippen LogP contribution < -0.4 is 5.32 Å². The Labute approximate surface area is 168 Å². The monoisotopic (exact) mass is 404 g/mol. The molecule has 3 rings (SSSR count). The molecule has 2 aromatic rings. The average Bonchev–Trinajstić information content (AvgIpc) is 3.32. The summed E-state index contributed by atoms with van der Waals surface area (Å²) in [5, 5.41) is 11.8. The second-order valence-electron chi connectivity index (χ2n) is 6.41. The molecule has 1 amide bonds. The van der Waals surface area contributed by atoms with Crippen molar-refractivity contribution in [2.24, 2.45) is 0 Å². The quantitative estimate of drug-likeness (QED) is 0.534. The van der Waals surface area contributed by atoms with Crippen LogP contribution in [0.15, 0.2) is 29.4 Å². The molecule has 1 aromatic heterocycles. The molecule has 9 heteroatoms. The first-order valence-electron chi connectivity index (χ1n) is 9.28. The average molecular weight is 404 g/mol. The lowest BCUT2D eigenvalue weighted by Crippen LogP contribution is -2.18. The Morgan fingerprint density at radius 1 is 1.39 bits per heavy atom. The van der Waals surface area contributed by atoms with E-state index in [0.717, 1.165) is 25.3 Å². The van der Waals surface area contributed by atoms with Crippen LogP contribution in [0, 0.1) is 6.92 Å². The van der Waals surface area contributed by atoms with Gasteiger partial charge in [0.15, 0.2) is 5.16 Å². The van der Waals surface area contributed by atoms with E-state index in [9.17, 15) is 9.59 Å². The number of aryl methyl sites for hydroxylation is 1. The van der Waals surface area contributed by atoms with Gasteiger partial charge in [-0.2, -0.15) is 0 Å². The maximum absolute atomic E-state index is 12.3. The molecule has 1 fully saturated rings. The van der Waals surface area contributed by atoms with Crippen LogP contribution in [-0.4, -0.2) is 51.7 Å². The zero-order valence-electron chi connectivity index (χ0n) is 16.0. The molecule has 0 unspecified atom stereocenters. The first-order valence-corrected chi connectivity index (χ1v) is 10.3. The Hall–Kier alpha value is -2.39. The van der Waals surface area contributed by atoms with Gasteiger partial charge in [-0.1, -0.05) is 17.8 Å². The van der Waals surface area contributed by atoms with Crippen molar-refractivity contribution >= 4 is 29.3 Å². The van der Waals surface area contributed by atoms with Crippen molar-refractivity contribution in [2.45, 2.75) is 44.5 Å². The molecule has 8 nitrogen and oxygen atoms in total. The maximum atomic E-state index is 12.3. The van der Waals surface area contributed by atoms with E-state index in [1.807, 2.05) is 11.5 Å². The van der Waals surface area contributed by atoms with Crippen molar-refractivity contribution in [2.75, 3.05) is 24.3 Å².